The van der Waals surface area contributed by atoms with E-state index in [1.165, 1.54) is 18.3 Å². The fraction of sp³-hybridized carbons (Fsp3) is 0.0588. The van der Waals surface area contributed by atoms with Gasteiger partial charge in [-0.1, -0.05) is 6.07 Å². The van der Waals surface area contributed by atoms with Gasteiger partial charge in [-0.05, 0) is 42.5 Å². The number of nitrogens with zero attached hydrogens (tertiary/aromatic N) is 1. The molecule has 5 nitrogen and oxygen atoms in total. The van der Waals surface area contributed by atoms with Crippen LogP contribution in [0.25, 0.3) is 11.3 Å². The largest absolute Gasteiger partial charge is 0.322 e. The van der Waals surface area contributed by atoms with Crippen LogP contribution in [0.3, 0.4) is 0 Å². The highest BCUT2D eigenvalue weighted by Crippen LogP contribution is 2.23. The Labute approximate surface area is 140 Å². The maximum atomic E-state index is 13.0. The molecule has 0 saturated carbocycles. The van der Waals surface area contributed by atoms with Crippen LogP contribution in [-0.2, 0) is 10.8 Å². The SMILES string of the molecule is C[S@](=O)c1cccc(NC(=O)c2cn[nH]c2-c2ccc(F)cc2)c1. The Morgan fingerprint density at radius 2 is 1.96 bits per heavy atom. The number of halogens is 1. The molecule has 0 aliphatic rings. The number of nitrogens with one attached hydrogen (secondary N) is 2. The van der Waals surface area contributed by atoms with Crippen molar-refractivity contribution in [3.8, 4) is 11.3 Å². The molecule has 24 heavy (non-hydrogen) atoms. The van der Waals surface area contributed by atoms with E-state index < -0.39 is 10.8 Å². The van der Waals surface area contributed by atoms with Crippen molar-refractivity contribution in [2.45, 2.75) is 4.90 Å². The smallest absolute Gasteiger partial charge is 0.259 e. The number of hydrogen-bond acceptors (Lipinski definition) is 3. The summed E-state index contributed by atoms with van der Waals surface area (Å²) in [6.07, 6.45) is 2.99. The van der Waals surface area contributed by atoms with Crippen molar-refractivity contribution in [1.82, 2.24) is 10.2 Å². The van der Waals surface area contributed by atoms with Crippen molar-refractivity contribution in [2.24, 2.45) is 0 Å². The maximum Gasteiger partial charge on any atom is 0.259 e. The molecule has 1 heterocycles. The van der Waals surface area contributed by atoms with Gasteiger partial charge in [-0.25, -0.2) is 4.39 Å². The summed E-state index contributed by atoms with van der Waals surface area (Å²) in [4.78, 5) is 13.1. The van der Waals surface area contributed by atoms with Gasteiger partial charge in [-0.15, -0.1) is 0 Å². The molecule has 7 heteroatoms. The summed E-state index contributed by atoms with van der Waals surface area (Å²) in [5, 5.41) is 9.41. The normalized spacial score (nSPS) is 11.9. The molecule has 1 aromatic heterocycles. The number of aromatic nitrogens is 2. The highest BCUT2D eigenvalue weighted by Gasteiger charge is 2.16. The zero-order valence-corrected chi connectivity index (χ0v) is 13.6. The van der Waals surface area contributed by atoms with E-state index >= 15 is 0 Å². The topological polar surface area (TPSA) is 74.8 Å². The third-order valence-electron chi connectivity index (χ3n) is 3.44. The van der Waals surface area contributed by atoms with Crippen LogP contribution in [0.2, 0.25) is 0 Å². The summed E-state index contributed by atoms with van der Waals surface area (Å²) in [6, 6.07) is 12.6. The lowest BCUT2D eigenvalue weighted by molar-refractivity contribution is 0.102. The van der Waals surface area contributed by atoms with Crippen molar-refractivity contribution in [1.29, 1.82) is 0 Å². The molecule has 0 aliphatic carbocycles. The predicted octanol–water partition coefficient (Wildman–Crippen LogP) is 3.21. The second kappa shape index (κ2) is 6.76. The average molecular weight is 343 g/mol. The number of benzene rings is 2. The zero-order valence-electron chi connectivity index (χ0n) is 12.7. The van der Waals surface area contributed by atoms with E-state index in [0.717, 1.165) is 0 Å². The number of H-pyrrole nitrogens is 1. The monoisotopic (exact) mass is 343 g/mol. The minimum atomic E-state index is -1.13. The van der Waals surface area contributed by atoms with Crippen LogP contribution < -0.4 is 5.32 Å². The van der Waals surface area contributed by atoms with Crippen molar-refractivity contribution in [2.75, 3.05) is 11.6 Å². The summed E-state index contributed by atoms with van der Waals surface area (Å²) in [5.41, 5.74) is 2.04. The zero-order chi connectivity index (χ0) is 17.1. The molecule has 0 spiro atoms. The fourth-order valence-corrected chi connectivity index (χ4v) is 2.81. The number of carbonyl (C=O) groups excluding carboxylic acids is 1. The van der Waals surface area contributed by atoms with Gasteiger partial charge in [0.1, 0.15) is 5.82 Å². The molecule has 2 N–H and O–H groups in total. The third kappa shape index (κ3) is 3.41. The van der Waals surface area contributed by atoms with Crippen LogP contribution in [0.15, 0.2) is 59.6 Å². The van der Waals surface area contributed by atoms with Crippen molar-refractivity contribution in [3.63, 3.8) is 0 Å². The molecule has 0 saturated heterocycles. The van der Waals surface area contributed by atoms with Crippen LogP contribution in [0.4, 0.5) is 10.1 Å². The second-order valence-electron chi connectivity index (χ2n) is 5.10. The van der Waals surface area contributed by atoms with Crippen LogP contribution in [0.5, 0.6) is 0 Å². The third-order valence-corrected chi connectivity index (χ3v) is 4.36. The second-order valence-corrected chi connectivity index (χ2v) is 6.48. The molecule has 2 aromatic carbocycles. The van der Waals surface area contributed by atoms with Crippen LogP contribution in [0.1, 0.15) is 10.4 Å². The maximum absolute atomic E-state index is 13.0. The Balaban J connectivity index is 1.86. The molecule has 3 rings (SSSR count). The number of hydrogen-bond donors (Lipinski definition) is 2. The first-order valence-corrected chi connectivity index (χ1v) is 8.64. The van der Waals surface area contributed by atoms with Crippen LogP contribution >= 0.6 is 0 Å². The average Bonchev–Trinajstić information content (AvgIpc) is 3.05. The highest BCUT2D eigenvalue weighted by atomic mass is 32.2. The molecule has 0 radical (unpaired) electrons. The molecule has 122 valence electrons. The van der Waals surface area contributed by atoms with E-state index in [-0.39, 0.29) is 11.7 Å². The minimum absolute atomic E-state index is 0.338. The summed E-state index contributed by atoms with van der Waals surface area (Å²) in [6.45, 7) is 0. The van der Waals surface area contributed by atoms with Gasteiger partial charge in [0.15, 0.2) is 0 Å². The standard InChI is InChI=1S/C17H14FN3O2S/c1-24(23)14-4-2-3-13(9-14)20-17(22)15-10-19-21-16(15)11-5-7-12(18)8-6-11/h2-10H,1H3,(H,19,21)(H,20,22)/t24-/m0/s1. The molecule has 1 atom stereocenters. The van der Waals surface area contributed by atoms with E-state index in [0.29, 0.717) is 27.4 Å². The van der Waals surface area contributed by atoms with Gasteiger partial charge in [0, 0.05) is 33.2 Å². The first-order chi connectivity index (χ1) is 11.5. The Kier molecular flexibility index (Phi) is 4.52. The summed E-state index contributed by atoms with van der Waals surface area (Å²) in [7, 11) is -1.13. The lowest BCUT2D eigenvalue weighted by Gasteiger charge is -2.07. The van der Waals surface area contributed by atoms with Crippen LogP contribution in [-0.4, -0.2) is 26.6 Å². The number of rotatable bonds is 4. The Morgan fingerprint density at radius 1 is 1.21 bits per heavy atom. The molecule has 0 fully saturated rings. The number of anilines is 1. The van der Waals surface area contributed by atoms with Gasteiger partial charge in [-0.3, -0.25) is 14.1 Å². The van der Waals surface area contributed by atoms with Crippen LogP contribution in [0, 0.1) is 5.82 Å². The van der Waals surface area contributed by atoms with E-state index in [2.05, 4.69) is 15.5 Å². The predicted molar refractivity (Wildman–Crippen MR) is 90.7 cm³/mol. The fourth-order valence-electron chi connectivity index (χ4n) is 2.25. The van der Waals surface area contributed by atoms with Gasteiger partial charge in [0.2, 0.25) is 0 Å². The lowest BCUT2D eigenvalue weighted by atomic mass is 10.1. The van der Waals surface area contributed by atoms with E-state index in [4.69, 9.17) is 0 Å². The molecular formula is C17H14FN3O2S. The summed E-state index contributed by atoms with van der Waals surface area (Å²) in [5.74, 6) is -0.712. The quantitative estimate of drug-likeness (QED) is 0.764. The summed E-state index contributed by atoms with van der Waals surface area (Å²) >= 11 is 0. The van der Waals surface area contributed by atoms with Gasteiger partial charge in [-0.2, -0.15) is 5.10 Å². The Bertz CT molecular complexity index is 906. The number of aromatic amines is 1. The first-order valence-electron chi connectivity index (χ1n) is 7.09. The molecule has 0 unspecified atom stereocenters. The molecule has 3 aromatic rings. The minimum Gasteiger partial charge on any atom is -0.322 e. The molecular weight excluding hydrogens is 329 g/mol. The van der Waals surface area contributed by atoms with Crippen molar-refractivity contribution >= 4 is 22.4 Å². The Morgan fingerprint density at radius 3 is 2.67 bits per heavy atom. The van der Waals surface area contributed by atoms with Crippen molar-refractivity contribution < 1.29 is 13.4 Å². The van der Waals surface area contributed by atoms with Gasteiger partial charge >= 0.3 is 0 Å². The van der Waals surface area contributed by atoms with Gasteiger partial charge < -0.3 is 5.32 Å². The number of amides is 1. The van der Waals surface area contributed by atoms with E-state index in [1.807, 2.05) is 0 Å². The van der Waals surface area contributed by atoms with Gasteiger partial charge in [0.05, 0.1) is 17.5 Å². The van der Waals surface area contributed by atoms with E-state index in [9.17, 15) is 13.4 Å². The molecule has 0 aliphatic heterocycles. The molecule has 0 bridgehead atoms. The van der Waals surface area contributed by atoms with Crippen molar-refractivity contribution in [3.05, 3.63) is 66.1 Å². The van der Waals surface area contributed by atoms with E-state index in [1.54, 1.807) is 42.7 Å². The Hall–Kier alpha value is -2.80. The highest BCUT2D eigenvalue weighted by molar-refractivity contribution is 7.84. The summed E-state index contributed by atoms with van der Waals surface area (Å²) < 4.78 is 24.6. The molecule has 1 amide bonds. The van der Waals surface area contributed by atoms with Gasteiger partial charge in [0.25, 0.3) is 5.91 Å². The number of carbonyl (C=O) groups is 1. The lowest BCUT2D eigenvalue weighted by Crippen LogP contribution is -2.12. The first kappa shape index (κ1) is 16.1.